The monoisotopic (exact) mass is 519 g/mol. The summed E-state index contributed by atoms with van der Waals surface area (Å²) in [5, 5.41) is 11.7. The predicted octanol–water partition coefficient (Wildman–Crippen LogP) is 4.94. The molecule has 1 unspecified atom stereocenters. The fraction of sp³-hybridized carbons (Fsp3) is 0.231. The highest BCUT2D eigenvalue weighted by Gasteiger charge is 2.35. The number of carbonyl (C=O) groups is 2. The number of aliphatic hydroxyl groups excluding tert-OH is 1. The number of carbonyl (C=O) groups excluding carboxylic acids is 2. The van der Waals surface area contributed by atoms with Crippen LogP contribution < -0.4 is 10.2 Å². The molecule has 1 aliphatic heterocycles. The summed E-state index contributed by atoms with van der Waals surface area (Å²) in [4.78, 5) is 28.4. The van der Waals surface area contributed by atoms with Gasteiger partial charge in [0.1, 0.15) is 29.1 Å². The number of benzene rings is 3. The number of nitrogens with zero attached hydrogens (tertiary/aromatic N) is 2. The first-order valence-electron chi connectivity index (χ1n) is 11.2. The highest BCUT2D eigenvalue weighted by atomic mass is 19.2. The summed E-state index contributed by atoms with van der Waals surface area (Å²) >= 11 is 0. The van der Waals surface area contributed by atoms with Crippen molar-refractivity contribution in [2.24, 2.45) is 0 Å². The maximum atomic E-state index is 14.8. The van der Waals surface area contributed by atoms with Crippen LogP contribution in [-0.2, 0) is 19.7 Å². The van der Waals surface area contributed by atoms with Crippen molar-refractivity contribution in [2.75, 3.05) is 11.9 Å². The fourth-order valence-electron chi connectivity index (χ4n) is 4.18. The molecule has 0 aliphatic carbocycles. The van der Waals surface area contributed by atoms with E-state index in [1.807, 2.05) is 0 Å². The number of halogens is 5. The van der Waals surface area contributed by atoms with Crippen LogP contribution >= 0.6 is 0 Å². The number of nitrogens with one attached hydrogen (secondary N) is 1. The normalized spacial score (nSPS) is 15.1. The zero-order valence-corrected chi connectivity index (χ0v) is 19.8. The van der Waals surface area contributed by atoms with Crippen LogP contribution in [0.3, 0.4) is 0 Å². The molecule has 194 valence electrons. The summed E-state index contributed by atoms with van der Waals surface area (Å²) in [6.07, 6.45) is 0. The largest absolute Gasteiger partial charge is 0.392 e. The van der Waals surface area contributed by atoms with Gasteiger partial charge in [0.15, 0.2) is 0 Å². The van der Waals surface area contributed by atoms with E-state index in [-0.39, 0.29) is 16.8 Å². The molecular weight excluding hydrogens is 497 g/mol. The second-order valence-electron chi connectivity index (χ2n) is 8.62. The van der Waals surface area contributed by atoms with E-state index in [9.17, 15) is 36.6 Å². The van der Waals surface area contributed by atoms with E-state index in [2.05, 4.69) is 5.32 Å². The van der Waals surface area contributed by atoms with Crippen LogP contribution in [-0.4, -0.2) is 29.0 Å². The van der Waals surface area contributed by atoms with Gasteiger partial charge in [-0.3, -0.25) is 9.69 Å². The number of aliphatic hydroxyl groups is 1. The second kappa shape index (κ2) is 10.2. The van der Waals surface area contributed by atoms with Crippen molar-refractivity contribution < 1.29 is 36.6 Å². The minimum Gasteiger partial charge on any atom is -0.392 e. The van der Waals surface area contributed by atoms with Crippen molar-refractivity contribution in [2.45, 2.75) is 32.7 Å². The Balaban J connectivity index is 1.67. The van der Waals surface area contributed by atoms with Crippen LogP contribution in [0.5, 0.6) is 0 Å². The van der Waals surface area contributed by atoms with Gasteiger partial charge in [-0.1, -0.05) is 12.1 Å². The molecule has 0 aromatic heterocycles. The SMILES string of the molecule is CC1c2ccc(C(=O)NCc3c(F)cc(F)cc3F)cc2N(Cc2c(F)ccc(CO)c2F)C(=O)N1C. The quantitative estimate of drug-likeness (QED) is 0.454. The third kappa shape index (κ3) is 4.86. The minimum absolute atomic E-state index is 0.0151. The highest BCUT2D eigenvalue weighted by molar-refractivity contribution is 5.99. The van der Waals surface area contributed by atoms with E-state index in [0.717, 1.165) is 17.0 Å². The van der Waals surface area contributed by atoms with Crippen molar-refractivity contribution in [3.8, 4) is 0 Å². The standard InChI is InChI=1S/C26H22F5N3O3/c1-13-17-5-3-14(25(36)32-10-18-21(29)8-16(27)9-22(18)30)7-23(17)34(26(37)33(13)2)11-19-20(28)6-4-15(12-35)24(19)31/h3-9,13,35H,10-12H2,1-2H3,(H,32,36). The Bertz CT molecular complexity index is 1380. The maximum absolute atomic E-state index is 14.8. The van der Waals surface area contributed by atoms with Gasteiger partial charge in [0, 0.05) is 48.0 Å². The van der Waals surface area contributed by atoms with Crippen molar-refractivity contribution in [3.05, 3.63) is 99.4 Å². The molecule has 0 bridgehead atoms. The topological polar surface area (TPSA) is 72.9 Å². The molecule has 11 heteroatoms. The zero-order valence-electron chi connectivity index (χ0n) is 19.8. The van der Waals surface area contributed by atoms with Gasteiger partial charge in [0.2, 0.25) is 0 Å². The van der Waals surface area contributed by atoms with Gasteiger partial charge >= 0.3 is 6.03 Å². The number of anilines is 1. The molecule has 0 fully saturated rings. The molecule has 3 aromatic rings. The zero-order chi connectivity index (χ0) is 27.0. The first-order chi connectivity index (χ1) is 17.5. The van der Waals surface area contributed by atoms with Gasteiger partial charge in [-0.2, -0.15) is 0 Å². The van der Waals surface area contributed by atoms with Crippen molar-refractivity contribution in [3.63, 3.8) is 0 Å². The summed E-state index contributed by atoms with van der Waals surface area (Å²) in [5.41, 5.74) is -0.290. The third-order valence-corrected chi connectivity index (χ3v) is 6.43. The Kier molecular flexibility index (Phi) is 7.17. The van der Waals surface area contributed by atoms with E-state index in [1.54, 1.807) is 13.0 Å². The summed E-state index contributed by atoms with van der Waals surface area (Å²) in [6.45, 7) is -0.0207. The van der Waals surface area contributed by atoms with E-state index >= 15 is 0 Å². The number of urea groups is 1. The second-order valence-corrected chi connectivity index (χ2v) is 8.62. The number of amides is 3. The first-order valence-corrected chi connectivity index (χ1v) is 11.2. The molecular formula is C26H22F5N3O3. The van der Waals surface area contributed by atoms with Crippen molar-refractivity contribution >= 4 is 17.6 Å². The average molecular weight is 519 g/mol. The smallest absolute Gasteiger partial charge is 0.325 e. The van der Waals surface area contributed by atoms with Gasteiger partial charge in [0.25, 0.3) is 5.91 Å². The Labute approximate surface area is 208 Å². The Morgan fingerprint density at radius 3 is 2.30 bits per heavy atom. The van der Waals surface area contributed by atoms with Gasteiger partial charge in [0.05, 0.1) is 24.9 Å². The maximum Gasteiger partial charge on any atom is 0.325 e. The average Bonchev–Trinajstić information content (AvgIpc) is 2.86. The molecule has 6 nitrogen and oxygen atoms in total. The molecule has 1 atom stereocenters. The lowest BCUT2D eigenvalue weighted by Gasteiger charge is -2.39. The summed E-state index contributed by atoms with van der Waals surface area (Å²) < 4.78 is 70.4. The third-order valence-electron chi connectivity index (χ3n) is 6.43. The van der Waals surface area contributed by atoms with E-state index < -0.39 is 77.9 Å². The number of hydrogen-bond donors (Lipinski definition) is 2. The Morgan fingerprint density at radius 2 is 1.65 bits per heavy atom. The van der Waals surface area contributed by atoms with Gasteiger partial charge in [-0.25, -0.2) is 26.7 Å². The predicted molar refractivity (Wildman–Crippen MR) is 124 cm³/mol. The summed E-state index contributed by atoms with van der Waals surface area (Å²) in [6, 6.07) is 6.42. The first kappa shape index (κ1) is 26.1. The molecule has 3 aromatic carbocycles. The molecule has 2 N–H and O–H groups in total. The Morgan fingerprint density at radius 1 is 0.973 bits per heavy atom. The lowest BCUT2D eigenvalue weighted by Crippen LogP contribution is -2.47. The minimum atomic E-state index is -1.16. The molecule has 3 amide bonds. The van der Waals surface area contributed by atoms with Crippen LogP contribution in [0.15, 0.2) is 42.5 Å². The van der Waals surface area contributed by atoms with Crippen LogP contribution in [0.1, 0.15) is 45.6 Å². The van der Waals surface area contributed by atoms with Crippen molar-refractivity contribution in [1.29, 1.82) is 0 Å². The summed E-state index contributed by atoms with van der Waals surface area (Å²) in [5.74, 6) is -6.07. The van der Waals surface area contributed by atoms with Crippen LogP contribution in [0.4, 0.5) is 32.4 Å². The lowest BCUT2D eigenvalue weighted by molar-refractivity contribution is 0.0950. The van der Waals surface area contributed by atoms with Crippen LogP contribution in [0.2, 0.25) is 0 Å². The molecule has 4 rings (SSSR count). The molecule has 1 heterocycles. The molecule has 0 saturated heterocycles. The lowest BCUT2D eigenvalue weighted by atomic mass is 9.98. The molecule has 1 aliphatic rings. The van der Waals surface area contributed by atoms with Gasteiger partial charge in [-0.05, 0) is 30.7 Å². The molecule has 0 radical (unpaired) electrons. The molecule has 37 heavy (non-hydrogen) atoms. The van der Waals surface area contributed by atoms with E-state index in [0.29, 0.717) is 17.7 Å². The summed E-state index contributed by atoms with van der Waals surface area (Å²) in [7, 11) is 1.52. The van der Waals surface area contributed by atoms with E-state index in [1.165, 1.54) is 24.1 Å². The van der Waals surface area contributed by atoms with Gasteiger partial charge in [-0.15, -0.1) is 0 Å². The van der Waals surface area contributed by atoms with Crippen molar-refractivity contribution in [1.82, 2.24) is 10.2 Å². The molecule has 0 spiro atoms. The highest BCUT2D eigenvalue weighted by Crippen LogP contribution is 2.38. The fourth-order valence-corrected chi connectivity index (χ4v) is 4.18. The van der Waals surface area contributed by atoms with Crippen LogP contribution in [0.25, 0.3) is 0 Å². The van der Waals surface area contributed by atoms with Crippen LogP contribution in [0, 0.1) is 29.1 Å². The molecule has 0 saturated carbocycles. The number of hydrogen-bond acceptors (Lipinski definition) is 3. The number of fused-ring (bicyclic) bond motifs is 1. The van der Waals surface area contributed by atoms with Gasteiger partial charge < -0.3 is 15.3 Å². The van der Waals surface area contributed by atoms with E-state index in [4.69, 9.17) is 0 Å². The Hall–Kier alpha value is -3.99. The number of rotatable bonds is 6.